The van der Waals surface area contributed by atoms with Crippen molar-refractivity contribution in [2.24, 2.45) is 7.05 Å². The quantitative estimate of drug-likeness (QED) is 0.571. The molecule has 0 radical (unpaired) electrons. The van der Waals surface area contributed by atoms with Crippen LogP contribution in [0.3, 0.4) is 0 Å². The Morgan fingerprint density at radius 2 is 2.04 bits per heavy atom. The highest BCUT2D eigenvalue weighted by Crippen LogP contribution is 2.27. The van der Waals surface area contributed by atoms with Gasteiger partial charge < -0.3 is 15.0 Å². The van der Waals surface area contributed by atoms with E-state index in [0.29, 0.717) is 19.4 Å². The third-order valence-corrected chi connectivity index (χ3v) is 5.93. The molecule has 2 rings (SSSR count). The van der Waals surface area contributed by atoms with Crippen molar-refractivity contribution in [2.75, 3.05) is 20.1 Å². The zero-order valence-electron chi connectivity index (χ0n) is 14.5. The molecule has 25 heavy (non-hydrogen) atoms. The normalized spacial score (nSPS) is 20.3. The highest BCUT2D eigenvalue weighted by Gasteiger charge is 2.36. The number of likely N-dealkylation sites (N-methyl/N-ethyl adjacent to an activating group) is 1. The fourth-order valence-corrected chi connectivity index (χ4v) is 4.31. The van der Waals surface area contributed by atoms with Crippen molar-refractivity contribution < 1.29 is 23.1 Å². The van der Waals surface area contributed by atoms with Crippen LogP contribution in [-0.4, -0.2) is 67.1 Å². The van der Waals surface area contributed by atoms with E-state index in [1.807, 2.05) is 11.8 Å². The first kappa shape index (κ1) is 19.4. The molecule has 0 aliphatic heterocycles. The molecule has 1 aliphatic carbocycles. The molecule has 0 aromatic carbocycles. The monoisotopic (exact) mass is 372 g/mol. The van der Waals surface area contributed by atoms with Gasteiger partial charge in [0.1, 0.15) is 10.6 Å². The van der Waals surface area contributed by atoms with Crippen LogP contribution in [0.4, 0.5) is 0 Å². The molecule has 1 aromatic heterocycles. The van der Waals surface area contributed by atoms with Gasteiger partial charge in [0, 0.05) is 32.4 Å². The Kier molecular flexibility index (Phi) is 5.86. The lowest BCUT2D eigenvalue weighted by Crippen LogP contribution is -2.54. The summed E-state index contributed by atoms with van der Waals surface area (Å²) in [7, 11) is -0.644. The van der Waals surface area contributed by atoms with Crippen molar-refractivity contribution in [1.82, 2.24) is 19.5 Å². The van der Waals surface area contributed by atoms with Gasteiger partial charge in [-0.2, -0.15) is 0 Å². The number of rotatable bonds is 8. The van der Waals surface area contributed by atoms with Gasteiger partial charge in [-0.15, -0.1) is 0 Å². The number of nitrogens with zero attached hydrogens (tertiary/aromatic N) is 2. The number of aromatic nitrogens is 1. The molecule has 1 heterocycles. The van der Waals surface area contributed by atoms with Gasteiger partial charge in [0.25, 0.3) is 5.91 Å². The Morgan fingerprint density at radius 1 is 1.40 bits per heavy atom. The molecule has 1 amide bonds. The average Bonchev–Trinajstić information content (AvgIpc) is 2.90. The molecule has 1 fully saturated rings. The van der Waals surface area contributed by atoms with E-state index in [9.17, 15) is 18.0 Å². The molecule has 1 aliphatic rings. The van der Waals surface area contributed by atoms with Crippen LogP contribution in [0.5, 0.6) is 0 Å². The predicted molar refractivity (Wildman–Crippen MR) is 90.8 cm³/mol. The molecule has 9 nitrogen and oxygen atoms in total. The molecular formula is C15H24N4O5S. The molecule has 3 N–H and O–H groups in total. The zero-order valence-corrected chi connectivity index (χ0v) is 15.3. The number of aryl methyl sites for hydroxylation is 1. The van der Waals surface area contributed by atoms with E-state index in [0.717, 1.165) is 0 Å². The second-order valence-corrected chi connectivity index (χ2v) is 7.87. The SMILES string of the molecule is CCN(CC(=O)O)C1CC(NS(=O)(=O)c2cc(C(=O)NC)n(C)c2)C1. The van der Waals surface area contributed by atoms with Gasteiger partial charge in [0.05, 0.1) is 6.54 Å². The average molecular weight is 372 g/mol. The molecule has 140 valence electrons. The Hall–Kier alpha value is -1.91. The van der Waals surface area contributed by atoms with Crippen LogP contribution >= 0.6 is 0 Å². The van der Waals surface area contributed by atoms with E-state index in [4.69, 9.17) is 5.11 Å². The van der Waals surface area contributed by atoms with Gasteiger partial charge >= 0.3 is 5.97 Å². The molecular weight excluding hydrogens is 348 g/mol. The fraction of sp³-hybridized carbons (Fsp3) is 0.600. The zero-order chi connectivity index (χ0) is 18.8. The number of carboxylic acid groups (broad SMARTS) is 1. The third-order valence-electron chi connectivity index (χ3n) is 4.45. The van der Waals surface area contributed by atoms with Crippen molar-refractivity contribution in [3.63, 3.8) is 0 Å². The van der Waals surface area contributed by atoms with Crippen LogP contribution < -0.4 is 10.0 Å². The minimum atomic E-state index is -3.73. The fourth-order valence-electron chi connectivity index (χ4n) is 2.98. The molecule has 0 bridgehead atoms. The van der Waals surface area contributed by atoms with Crippen LogP contribution in [0.25, 0.3) is 0 Å². The third kappa shape index (κ3) is 4.39. The van der Waals surface area contributed by atoms with Crippen LogP contribution in [-0.2, 0) is 21.9 Å². The summed E-state index contributed by atoms with van der Waals surface area (Å²) in [5.41, 5.74) is 0.257. The number of carboxylic acids is 1. The van der Waals surface area contributed by atoms with Crippen LogP contribution in [0, 0.1) is 0 Å². The minimum Gasteiger partial charge on any atom is -0.480 e. The number of sulfonamides is 1. The summed E-state index contributed by atoms with van der Waals surface area (Å²) < 4.78 is 29.0. The van der Waals surface area contributed by atoms with Gasteiger partial charge in [-0.1, -0.05) is 6.92 Å². The topological polar surface area (TPSA) is 121 Å². The number of aliphatic carboxylic acids is 1. The van der Waals surface area contributed by atoms with E-state index >= 15 is 0 Å². The van der Waals surface area contributed by atoms with Gasteiger partial charge in [0.2, 0.25) is 10.0 Å². The molecule has 0 atom stereocenters. The first-order chi connectivity index (χ1) is 11.7. The molecule has 0 saturated heterocycles. The summed E-state index contributed by atoms with van der Waals surface area (Å²) in [4.78, 5) is 24.4. The summed E-state index contributed by atoms with van der Waals surface area (Å²) in [5.74, 6) is -1.25. The lowest BCUT2D eigenvalue weighted by Gasteiger charge is -2.41. The van der Waals surface area contributed by atoms with Crippen LogP contribution in [0.1, 0.15) is 30.3 Å². The summed E-state index contributed by atoms with van der Waals surface area (Å²) in [6.07, 6.45) is 2.52. The number of nitrogens with one attached hydrogen (secondary N) is 2. The van der Waals surface area contributed by atoms with E-state index in [1.54, 1.807) is 7.05 Å². The van der Waals surface area contributed by atoms with Crippen molar-refractivity contribution in [3.8, 4) is 0 Å². The van der Waals surface area contributed by atoms with Crippen molar-refractivity contribution in [3.05, 3.63) is 18.0 Å². The predicted octanol–water partition coefficient (Wildman–Crippen LogP) is -0.399. The second kappa shape index (κ2) is 7.54. The van der Waals surface area contributed by atoms with Gasteiger partial charge in [-0.3, -0.25) is 14.5 Å². The Balaban J connectivity index is 2.00. The highest BCUT2D eigenvalue weighted by molar-refractivity contribution is 7.89. The maximum Gasteiger partial charge on any atom is 0.317 e. The van der Waals surface area contributed by atoms with Crippen molar-refractivity contribution in [2.45, 2.75) is 36.7 Å². The van der Waals surface area contributed by atoms with Gasteiger partial charge in [-0.25, -0.2) is 13.1 Å². The minimum absolute atomic E-state index is 0.0370. The van der Waals surface area contributed by atoms with Crippen LogP contribution in [0.2, 0.25) is 0 Å². The van der Waals surface area contributed by atoms with E-state index in [-0.39, 0.29) is 35.1 Å². The van der Waals surface area contributed by atoms with E-state index < -0.39 is 16.0 Å². The first-order valence-electron chi connectivity index (χ1n) is 8.04. The molecule has 10 heteroatoms. The van der Waals surface area contributed by atoms with Gasteiger partial charge in [-0.05, 0) is 25.5 Å². The van der Waals surface area contributed by atoms with E-state index in [2.05, 4.69) is 10.0 Å². The lowest BCUT2D eigenvalue weighted by molar-refractivity contribution is -0.139. The molecule has 0 spiro atoms. The lowest BCUT2D eigenvalue weighted by atomic mass is 9.86. The number of amides is 1. The van der Waals surface area contributed by atoms with E-state index in [1.165, 1.54) is 23.9 Å². The number of carbonyl (C=O) groups is 2. The van der Waals surface area contributed by atoms with Crippen molar-refractivity contribution >= 4 is 21.9 Å². The van der Waals surface area contributed by atoms with Crippen molar-refractivity contribution in [1.29, 1.82) is 0 Å². The Labute approximate surface area is 147 Å². The molecule has 0 unspecified atom stereocenters. The summed E-state index contributed by atoms with van der Waals surface area (Å²) >= 11 is 0. The maximum absolute atomic E-state index is 12.5. The number of carbonyl (C=O) groups excluding carboxylic acids is 1. The largest absolute Gasteiger partial charge is 0.480 e. The Bertz CT molecular complexity index is 752. The summed E-state index contributed by atoms with van der Waals surface area (Å²) in [6.45, 7) is 2.43. The van der Waals surface area contributed by atoms with Gasteiger partial charge in [0.15, 0.2) is 0 Å². The molecule has 1 saturated carbocycles. The number of hydrogen-bond acceptors (Lipinski definition) is 5. The standard InChI is InChI=1S/C15H24N4O5S/c1-4-19(9-14(20)21)11-5-10(6-11)17-25(23,24)12-7-13(15(22)16-2)18(3)8-12/h7-8,10-11,17H,4-6,9H2,1-3H3,(H,16,22)(H,20,21). The second-order valence-electron chi connectivity index (χ2n) is 6.15. The summed E-state index contributed by atoms with van der Waals surface area (Å²) in [5, 5.41) is 11.4. The first-order valence-corrected chi connectivity index (χ1v) is 9.52. The molecule has 1 aromatic rings. The Morgan fingerprint density at radius 3 is 2.56 bits per heavy atom. The summed E-state index contributed by atoms with van der Waals surface area (Å²) in [6, 6.07) is 1.16. The highest BCUT2D eigenvalue weighted by atomic mass is 32.2. The van der Waals surface area contributed by atoms with Crippen LogP contribution in [0.15, 0.2) is 17.2 Å². The smallest absolute Gasteiger partial charge is 0.317 e. The maximum atomic E-state index is 12.5. The number of hydrogen-bond donors (Lipinski definition) is 3.